The second-order valence-electron chi connectivity index (χ2n) is 6.84. The Labute approximate surface area is 182 Å². The smallest absolute Gasteiger partial charge is 0.186 e. The fourth-order valence-corrected chi connectivity index (χ4v) is 6.17. The predicted octanol–water partition coefficient (Wildman–Crippen LogP) is 5.35. The predicted molar refractivity (Wildman–Crippen MR) is 127 cm³/mol. The third-order valence-corrected chi connectivity index (χ3v) is 7.96. The molecule has 0 spiro atoms. The van der Waals surface area contributed by atoms with E-state index in [1.165, 1.54) is 14.3 Å². The lowest BCUT2D eigenvalue weighted by atomic mass is 10.3. The zero-order valence-electron chi connectivity index (χ0n) is 16.4. The van der Waals surface area contributed by atoms with Gasteiger partial charge < -0.3 is 14.5 Å². The van der Waals surface area contributed by atoms with Gasteiger partial charge in [-0.3, -0.25) is 0 Å². The molecule has 3 heterocycles. The van der Waals surface area contributed by atoms with E-state index in [0.717, 1.165) is 53.2 Å². The Hall–Kier alpha value is -2.03. The molecule has 0 amide bonds. The van der Waals surface area contributed by atoms with Crippen molar-refractivity contribution in [2.24, 2.45) is 0 Å². The standard InChI is InChI=1S/C21H22N4OS3/c1-3-26-16-5-4-6-17-19(16)23-21(28-17)25-11-9-24(10-12-25)20-22-15-8-7-14(27-2)13-18(15)29-20/h4-8,13H,3,9-12H2,1-2H3. The zero-order chi connectivity index (χ0) is 19.8. The van der Waals surface area contributed by atoms with Crippen LogP contribution in [0.15, 0.2) is 41.3 Å². The van der Waals surface area contributed by atoms with Gasteiger partial charge in [0.25, 0.3) is 0 Å². The van der Waals surface area contributed by atoms with Crippen molar-refractivity contribution in [1.29, 1.82) is 0 Å². The molecule has 8 heteroatoms. The lowest BCUT2D eigenvalue weighted by Gasteiger charge is -2.34. The summed E-state index contributed by atoms with van der Waals surface area (Å²) < 4.78 is 8.20. The normalized spacial score (nSPS) is 14.8. The minimum absolute atomic E-state index is 0.658. The summed E-state index contributed by atoms with van der Waals surface area (Å²) in [5, 5.41) is 2.21. The van der Waals surface area contributed by atoms with Crippen molar-refractivity contribution in [3.05, 3.63) is 36.4 Å². The maximum absolute atomic E-state index is 5.75. The van der Waals surface area contributed by atoms with E-state index in [1.807, 2.05) is 19.1 Å². The Morgan fingerprint density at radius 2 is 1.69 bits per heavy atom. The molecule has 29 heavy (non-hydrogen) atoms. The second kappa shape index (κ2) is 8.01. The molecule has 1 fully saturated rings. The fraction of sp³-hybridized carbons (Fsp3) is 0.333. The number of thiazole rings is 2. The Kier molecular flexibility index (Phi) is 5.24. The van der Waals surface area contributed by atoms with Crippen LogP contribution in [0, 0.1) is 0 Å². The molecule has 1 aliphatic rings. The number of benzene rings is 2. The van der Waals surface area contributed by atoms with Crippen LogP contribution in [0.3, 0.4) is 0 Å². The van der Waals surface area contributed by atoms with Gasteiger partial charge in [-0.2, -0.15) is 0 Å². The summed E-state index contributed by atoms with van der Waals surface area (Å²) in [5.74, 6) is 0.880. The molecular weight excluding hydrogens is 420 g/mol. The fourth-order valence-electron chi connectivity index (χ4n) is 3.56. The quantitative estimate of drug-likeness (QED) is 0.388. The van der Waals surface area contributed by atoms with Gasteiger partial charge in [-0.1, -0.05) is 28.7 Å². The molecule has 1 saturated heterocycles. The highest BCUT2D eigenvalue weighted by Crippen LogP contribution is 2.36. The maximum atomic E-state index is 5.75. The molecule has 5 nitrogen and oxygen atoms in total. The molecule has 0 radical (unpaired) electrons. The van der Waals surface area contributed by atoms with E-state index >= 15 is 0 Å². The average molecular weight is 443 g/mol. The van der Waals surface area contributed by atoms with Crippen LogP contribution in [0.5, 0.6) is 5.75 Å². The van der Waals surface area contributed by atoms with Gasteiger partial charge in [-0.25, -0.2) is 9.97 Å². The van der Waals surface area contributed by atoms with Crippen LogP contribution in [0.4, 0.5) is 10.3 Å². The van der Waals surface area contributed by atoms with Gasteiger partial charge in [0.15, 0.2) is 10.3 Å². The van der Waals surface area contributed by atoms with E-state index in [2.05, 4.69) is 40.3 Å². The van der Waals surface area contributed by atoms with Crippen LogP contribution in [-0.2, 0) is 0 Å². The third kappa shape index (κ3) is 3.65. The number of ether oxygens (including phenoxy) is 1. The lowest BCUT2D eigenvalue weighted by molar-refractivity contribution is 0.344. The molecule has 2 aromatic carbocycles. The number of piperazine rings is 1. The highest BCUT2D eigenvalue weighted by atomic mass is 32.2. The maximum Gasteiger partial charge on any atom is 0.186 e. The first-order valence-electron chi connectivity index (χ1n) is 9.72. The van der Waals surface area contributed by atoms with Crippen molar-refractivity contribution in [3.8, 4) is 5.75 Å². The number of aromatic nitrogens is 2. The van der Waals surface area contributed by atoms with E-state index in [9.17, 15) is 0 Å². The molecule has 2 aromatic heterocycles. The van der Waals surface area contributed by atoms with Gasteiger partial charge in [-0.15, -0.1) is 11.8 Å². The molecule has 0 saturated carbocycles. The number of hydrogen-bond donors (Lipinski definition) is 0. The molecule has 0 unspecified atom stereocenters. The van der Waals surface area contributed by atoms with E-state index in [0.29, 0.717) is 6.61 Å². The van der Waals surface area contributed by atoms with E-state index < -0.39 is 0 Å². The number of hydrogen-bond acceptors (Lipinski definition) is 8. The number of nitrogens with zero attached hydrogens (tertiary/aromatic N) is 4. The summed E-state index contributed by atoms with van der Waals surface area (Å²) >= 11 is 5.32. The van der Waals surface area contributed by atoms with Gasteiger partial charge >= 0.3 is 0 Å². The van der Waals surface area contributed by atoms with Gasteiger partial charge in [-0.05, 0) is 43.5 Å². The Morgan fingerprint density at radius 3 is 2.41 bits per heavy atom. The molecular formula is C21H22N4OS3. The van der Waals surface area contributed by atoms with Crippen LogP contribution >= 0.6 is 34.4 Å². The van der Waals surface area contributed by atoms with Crippen molar-refractivity contribution in [2.75, 3.05) is 48.8 Å². The first-order valence-corrected chi connectivity index (χ1v) is 12.6. The molecule has 1 aliphatic heterocycles. The second-order valence-corrected chi connectivity index (χ2v) is 9.73. The zero-order valence-corrected chi connectivity index (χ0v) is 18.9. The van der Waals surface area contributed by atoms with E-state index in [1.54, 1.807) is 34.4 Å². The summed E-state index contributed by atoms with van der Waals surface area (Å²) in [6, 6.07) is 12.7. The largest absolute Gasteiger partial charge is 0.492 e. The van der Waals surface area contributed by atoms with Crippen molar-refractivity contribution < 1.29 is 4.74 Å². The lowest BCUT2D eigenvalue weighted by Crippen LogP contribution is -2.46. The number of fused-ring (bicyclic) bond motifs is 2. The van der Waals surface area contributed by atoms with Gasteiger partial charge in [0.2, 0.25) is 0 Å². The average Bonchev–Trinajstić information content (AvgIpc) is 3.38. The molecule has 5 rings (SSSR count). The summed E-state index contributed by atoms with van der Waals surface area (Å²) in [5.41, 5.74) is 2.08. The number of thioether (sulfide) groups is 1. The minimum atomic E-state index is 0.658. The molecule has 4 aromatic rings. The Balaban J connectivity index is 1.32. The first kappa shape index (κ1) is 19.0. The number of para-hydroxylation sites is 1. The van der Waals surface area contributed by atoms with E-state index in [4.69, 9.17) is 14.7 Å². The number of anilines is 2. The topological polar surface area (TPSA) is 41.5 Å². The van der Waals surface area contributed by atoms with Crippen molar-refractivity contribution >= 4 is 65.1 Å². The monoisotopic (exact) mass is 442 g/mol. The molecule has 0 N–H and O–H groups in total. The van der Waals surface area contributed by atoms with Crippen molar-refractivity contribution in [1.82, 2.24) is 9.97 Å². The summed E-state index contributed by atoms with van der Waals surface area (Å²) in [6.45, 7) is 6.50. The summed E-state index contributed by atoms with van der Waals surface area (Å²) in [7, 11) is 0. The molecule has 0 aliphatic carbocycles. The van der Waals surface area contributed by atoms with Gasteiger partial charge in [0.1, 0.15) is 11.3 Å². The van der Waals surface area contributed by atoms with Crippen molar-refractivity contribution in [3.63, 3.8) is 0 Å². The number of rotatable bonds is 5. The minimum Gasteiger partial charge on any atom is -0.492 e. The van der Waals surface area contributed by atoms with Crippen molar-refractivity contribution in [2.45, 2.75) is 11.8 Å². The van der Waals surface area contributed by atoms with Crippen LogP contribution < -0.4 is 14.5 Å². The Bertz CT molecular complexity index is 1150. The summed E-state index contributed by atoms with van der Waals surface area (Å²) in [6.07, 6.45) is 2.11. The first-order chi connectivity index (χ1) is 14.2. The molecule has 0 atom stereocenters. The SMILES string of the molecule is CCOc1cccc2sc(N3CCN(c4nc5ccc(SC)cc5s4)CC3)nc12. The van der Waals surface area contributed by atoms with Gasteiger partial charge in [0.05, 0.1) is 21.5 Å². The highest BCUT2D eigenvalue weighted by molar-refractivity contribution is 7.98. The Morgan fingerprint density at radius 1 is 0.966 bits per heavy atom. The van der Waals surface area contributed by atoms with Crippen LogP contribution in [0.2, 0.25) is 0 Å². The van der Waals surface area contributed by atoms with Crippen LogP contribution in [-0.4, -0.2) is 49.0 Å². The van der Waals surface area contributed by atoms with Gasteiger partial charge in [0, 0.05) is 31.1 Å². The van der Waals surface area contributed by atoms with Crippen LogP contribution in [0.25, 0.3) is 20.4 Å². The van der Waals surface area contributed by atoms with Crippen LogP contribution in [0.1, 0.15) is 6.92 Å². The highest BCUT2D eigenvalue weighted by Gasteiger charge is 2.22. The van der Waals surface area contributed by atoms with E-state index in [-0.39, 0.29) is 0 Å². The third-order valence-electron chi connectivity index (χ3n) is 5.08. The molecule has 0 bridgehead atoms. The summed E-state index contributed by atoms with van der Waals surface area (Å²) in [4.78, 5) is 15.8. The molecule has 150 valence electrons.